The minimum absolute atomic E-state index is 0.560. The van der Waals surface area contributed by atoms with Gasteiger partial charge in [0.15, 0.2) is 0 Å². The van der Waals surface area contributed by atoms with E-state index in [-0.39, 0.29) is 0 Å². The average Bonchev–Trinajstić information content (AvgIpc) is 2.53. The number of aromatic nitrogens is 2. The molecular formula is C10H20N4O. The minimum atomic E-state index is -0.705. The Kier molecular flexibility index (Phi) is 4.26. The Balaban J connectivity index is 2.24. The van der Waals surface area contributed by atoms with Crippen molar-refractivity contribution >= 4 is 0 Å². The van der Waals surface area contributed by atoms with Gasteiger partial charge in [-0.3, -0.25) is 0 Å². The van der Waals surface area contributed by atoms with Gasteiger partial charge in [-0.05, 0) is 21.0 Å². The van der Waals surface area contributed by atoms with E-state index in [2.05, 4.69) is 15.3 Å². The van der Waals surface area contributed by atoms with Crippen molar-refractivity contribution in [2.45, 2.75) is 19.1 Å². The second kappa shape index (κ2) is 5.25. The molecule has 0 bridgehead atoms. The summed E-state index contributed by atoms with van der Waals surface area (Å²) in [6.07, 6.45) is 3.42. The molecule has 1 aromatic heterocycles. The van der Waals surface area contributed by atoms with Crippen molar-refractivity contribution in [1.29, 1.82) is 0 Å². The van der Waals surface area contributed by atoms with E-state index in [1.165, 1.54) is 0 Å². The second-order valence-electron chi connectivity index (χ2n) is 4.42. The van der Waals surface area contributed by atoms with Crippen molar-refractivity contribution < 1.29 is 5.11 Å². The SMILES string of the molecule is CN(C)CC(C)(O)CNCc1cnc[nH]1. The summed E-state index contributed by atoms with van der Waals surface area (Å²) in [6.45, 7) is 3.73. The fourth-order valence-electron chi connectivity index (χ4n) is 1.58. The van der Waals surface area contributed by atoms with E-state index in [0.29, 0.717) is 19.6 Å². The van der Waals surface area contributed by atoms with E-state index in [9.17, 15) is 5.11 Å². The zero-order valence-corrected chi connectivity index (χ0v) is 9.62. The molecule has 0 radical (unpaired) electrons. The van der Waals surface area contributed by atoms with Crippen molar-refractivity contribution in [2.24, 2.45) is 0 Å². The highest BCUT2D eigenvalue weighted by atomic mass is 16.3. The van der Waals surface area contributed by atoms with Gasteiger partial charge in [-0.1, -0.05) is 0 Å². The maximum atomic E-state index is 9.98. The highest BCUT2D eigenvalue weighted by Crippen LogP contribution is 2.02. The maximum absolute atomic E-state index is 9.98. The second-order valence-corrected chi connectivity index (χ2v) is 4.42. The molecule has 0 aliphatic heterocycles. The molecule has 1 rings (SSSR count). The van der Waals surface area contributed by atoms with Gasteiger partial charge in [-0.15, -0.1) is 0 Å². The number of nitrogens with zero attached hydrogens (tertiary/aromatic N) is 2. The summed E-state index contributed by atoms with van der Waals surface area (Å²) in [5, 5.41) is 13.2. The lowest BCUT2D eigenvalue weighted by molar-refractivity contribution is 0.0335. The first kappa shape index (κ1) is 12.2. The molecule has 15 heavy (non-hydrogen) atoms. The number of aliphatic hydroxyl groups is 1. The zero-order valence-electron chi connectivity index (χ0n) is 9.62. The predicted molar refractivity (Wildman–Crippen MR) is 59.5 cm³/mol. The third kappa shape index (κ3) is 4.92. The van der Waals surface area contributed by atoms with Gasteiger partial charge in [0.25, 0.3) is 0 Å². The molecule has 0 aliphatic carbocycles. The van der Waals surface area contributed by atoms with Gasteiger partial charge in [0.2, 0.25) is 0 Å². The van der Waals surface area contributed by atoms with Crippen LogP contribution in [-0.2, 0) is 6.54 Å². The van der Waals surface area contributed by atoms with Gasteiger partial charge in [0.1, 0.15) is 0 Å². The molecular weight excluding hydrogens is 192 g/mol. The van der Waals surface area contributed by atoms with Gasteiger partial charge in [-0.25, -0.2) is 4.98 Å². The lowest BCUT2D eigenvalue weighted by Gasteiger charge is -2.27. The molecule has 1 aromatic rings. The number of imidazole rings is 1. The fraction of sp³-hybridized carbons (Fsp3) is 0.700. The Bertz CT molecular complexity index is 269. The van der Waals surface area contributed by atoms with Crippen LogP contribution in [0.2, 0.25) is 0 Å². The molecule has 0 aromatic carbocycles. The Morgan fingerprint density at radius 2 is 2.33 bits per heavy atom. The van der Waals surface area contributed by atoms with Gasteiger partial charge in [0, 0.05) is 31.5 Å². The number of H-pyrrole nitrogens is 1. The Morgan fingerprint density at radius 3 is 2.87 bits per heavy atom. The molecule has 0 saturated carbocycles. The lowest BCUT2D eigenvalue weighted by Crippen LogP contribution is -2.45. The van der Waals surface area contributed by atoms with Gasteiger partial charge in [-0.2, -0.15) is 0 Å². The summed E-state index contributed by atoms with van der Waals surface area (Å²) in [5.74, 6) is 0. The molecule has 1 atom stereocenters. The number of likely N-dealkylation sites (N-methyl/N-ethyl adjacent to an activating group) is 1. The first-order valence-corrected chi connectivity index (χ1v) is 5.05. The summed E-state index contributed by atoms with van der Waals surface area (Å²) in [4.78, 5) is 8.89. The van der Waals surface area contributed by atoms with E-state index in [0.717, 1.165) is 5.69 Å². The third-order valence-electron chi connectivity index (χ3n) is 2.03. The smallest absolute Gasteiger partial charge is 0.0922 e. The van der Waals surface area contributed by atoms with E-state index >= 15 is 0 Å². The molecule has 0 aliphatic rings. The third-order valence-corrected chi connectivity index (χ3v) is 2.03. The molecule has 5 heteroatoms. The van der Waals surface area contributed by atoms with Crippen LogP contribution in [0.5, 0.6) is 0 Å². The highest BCUT2D eigenvalue weighted by Gasteiger charge is 2.20. The van der Waals surface area contributed by atoms with Crippen molar-refractivity contribution in [3.05, 3.63) is 18.2 Å². The Labute approximate surface area is 90.5 Å². The molecule has 0 fully saturated rings. The normalized spacial score (nSPS) is 15.5. The lowest BCUT2D eigenvalue weighted by atomic mass is 10.1. The van der Waals surface area contributed by atoms with Gasteiger partial charge in [0.05, 0.1) is 11.9 Å². The molecule has 1 unspecified atom stereocenters. The molecule has 1 heterocycles. The number of hydrogen-bond donors (Lipinski definition) is 3. The summed E-state index contributed by atoms with van der Waals surface area (Å²) < 4.78 is 0. The Hall–Kier alpha value is -0.910. The summed E-state index contributed by atoms with van der Waals surface area (Å²) in [5.41, 5.74) is 0.319. The summed E-state index contributed by atoms with van der Waals surface area (Å²) in [7, 11) is 3.90. The van der Waals surface area contributed by atoms with Crippen molar-refractivity contribution in [3.8, 4) is 0 Å². The van der Waals surface area contributed by atoms with Crippen LogP contribution in [-0.4, -0.2) is 52.8 Å². The van der Waals surface area contributed by atoms with E-state index in [4.69, 9.17) is 0 Å². The quantitative estimate of drug-likeness (QED) is 0.611. The number of hydrogen-bond acceptors (Lipinski definition) is 4. The van der Waals surface area contributed by atoms with Gasteiger partial charge >= 0.3 is 0 Å². The largest absolute Gasteiger partial charge is 0.388 e. The van der Waals surface area contributed by atoms with Crippen LogP contribution >= 0.6 is 0 Å². The molecule has 5 nitrogen and oxygen atoms in total. The predicted octanol–water partition coefficient (Wildman–Crippen LogP) is -0.188. The first-order chi connectivity index (χ1) is 6.99. The van der Waals surface area contributed by atoms with Crippen LogP contribution in [0.3, 0.4) is 0 Å². The van der Waals surface area contributed by atoms with Crippen LogP contribution in [0.15, 0.2) is 12.5 Å². The summed E-state index contributed by atoms with van der Waals surface area (Å²) in [6, 6.07) is 0. The molecule has 0 saturated heterocycles. The summed E-state index contributed by atoms with van der Waals surface area (Å²) >= 11 is 0. The van der Waals surface area contributed by atoms with Crippen LogP contribution in [0.25, 0.3) is 0 Å². The average molecular weight is 212 g/mol. The number of rotatable bonds is 6. The number of nitrogens with one attached hydrogen (secondary N) is 2. The number of aromatic amines is 1. The zero-order chi connectivity index (χ0) is 11.3. The molecule has 3 N–H and O–H groups in total. The van der Waals surface area contributed by atoms with Crippen molar-refractivity contribution in [1.82, 2.24) is 20.2 Å². The molecule has 0 amide bonds. The standard InChI is InChI=1S/C10H20N4O/c1-10(15,7-14(2)3)6-11-4-9-5-12-8-13-9/h5,8,11,15H,4,6-7H2,1-3H3,(H,12,13). The van der Waals surface area contributed by atoms with Crippen LogP contribution in [0, 0.1) is 0 Å². The van der Waals surface area contributed by atoms with Crippen molar-refractivity contribution in [2.75, 3.05) is 27.2 Å². The Morgan fingerprint density at radius 1 is 1.60 bits per heavy atom. The van der Waals surface area contributed by atoms with Crippen molar-refractivity contribution in [3.63, 3.8) is 0 Å². The minimum Gasteiger partial charge on any atom is -0.388 e. The molecule has 86 valence electrons. The topological polar surface area (TPSA) is 64.2 Å². The van der Waals surface area contributed by atoms with Crippen LogP contribution in [0.1, 0.15) is 12.6 Å². The fourth-order valence-corrected chi connectivity index (χ4v) is 1.58. The van der Waals surface area contributed by atoms with E-state index in [1.54, 1.807) is 12.5 Å². The van der Waals surface area contributed by atoms with Crippen LogP contribution in [0.4, 0.5) is 0 Å². The van der Waals surface area contributed by atoms with E-state index in [1.807, 2.05) is 25.9 Å². The van der Waals surface area contributed by atoms with Crippen LogP contribution < -0.4 is 5.32 Å². The maximum Gasteiger partial charge on any atom is 0.0922 e. The monoisotopic (exact) mass is 212 g/mol. The first-order valence-electron chi connectivity index (χ1n) is 5.05. The van der Waals surface area contributed by atoms with Gasteiger partial charge < -0.3 is 20.3 Å². The highest BCUT2D eigenvalue weighted by molar-refractivity contribution is 4.93. The van der Waals surface area contributed by atoms with E-state index < -0.39 is 5.60 Å². The molecule has 0 spiro atoms.